The summed E-state index contributed by atoms with van der Waals surface area (Å²) in [6, 6.07) is 8.33. The Bertz CT molecular complexity index is 311. The van der Waals surface area contributed by atoms with Crippen LogP contribution in [0, 0.1) is 0 Å². The molecule has 0 aliphatic carbocycles. The number of aliphatic hydroxyl groups excluding tert-OH is 1. The van der Waals surface area contributed by atoms with Gasteiger partial charge in [-0.2, -0.15) is 0 Å². The Morgan fingerprint density at radius 3 is 2.47 bits per heavy atom. The standard InChI is InChI=1S/C13H21NO/c1-13(2,3)12-6-4-5-10(7-12)11(8-14)9-15/h4-7,11,15H,8-9,14H2,1-3H3. The molecular weight excluding hydrogens is 186 g/mol. The number of rotatable bonds is 3. The van der Waals surface area contributed by atoms with E-state index in [1.54, 1.807) is 0 Å². The maximum atomic E-state index is 9.19. The topological polar surface area (TPSA) is 46.2 Å². The van der Waals surface area contributed by atoms with Gasteiger partial charge in [-0.3, -0.25) is 0 Å². The summed E-state index contributed by atoms with van der Waals surface area (Å²) in [4.78, 5) is 0. The number of hydrogen-bond acceptors (Lipinski definition) is 2. The largest absolute Gasteiger partial charge is 0.396 e. The Kier molecular flexibility index (Phi) is 3.89. The molecule has 0 bridgehead atoms. The first-order valence-corrected chi connectivity index (χ1v) is 5.40. The molecule has 0 amide bonds. The van der Waals surface area contributed by atoms with Crippen molar-refractivity contribution in [2.24, 2.45) is 5.73 Å². The van der Waals surface area contributed by atoms with E-state index < -0.39 is 0 Å². The van der Waals surface area contributed by atoms with E-state index in [0.717, 1.165) is 5.56 Å². The van der Waals surface area contributed by atoms with Gasteiger partial charge in [-0.05, 0) is 16.5 Å². The number of hydrogen-bond donors (Lipinski definition) is 2. The minimum absolute atomic E-state index is 0.0623. The smallest absolute Gasteiger partial charge is 0.0511 e. The van der Waals surface area contributed by atoms with Crippen molar-refractivity contribution in [2.75, 3.05) is 13.2 Å². The molecule has 1 unspecified atom stereocenters. The first-order valence-electron chi connectivity index (χ1n) is 5.40. The lowest BCUT2D eigenvalue weighted by Crippen LogP contribution is -2.17. The molecule has 0 saturated carbocycles. The maximum absolute atomic E-state index is 9.19. The van der Waals surface area contributed by atoms with Gasteiger partial charge in [-0.15, -0.1) is 0 Å². The fourth-order valence-corrected chi connectivity index (χ4v) is 1.58. The fraction of sp³-hybridized carbons (Fsp3) is 0.538. The van der Waals surface area contributed by atoms with Crippen molar-refractivity contribution in [1.29, 1.82) is 0 Å². The zero-order valence-electron chi connectivity index (χ0n) is 9.83. The van der Waals surface area contributed by atoms with Gasteiger partial charge in [0.05, 0.1) is 6.61 Å². The van der Waals surface area contributed by atoms with Crippen molar-refractivity contribution in [1.82, 2.24) is 0 Å². The van der Waals surface area contributed by atoms with Crippen LogP contribution in [-0.4, -0.2) is 18.3 Å². The summed E-state index contributed by atoms with van der Waals surface area (Å²) in [7, 11) is 0. The van der Waals surface area contributed by atoms with Crippen LogP contribution in [0.1, 0.15) is 37.8 Å². The van der Waals surface area contributed by atoms with Crippen molar-refractivity contribution in [3.05, 3.63) is 35.4 Å². The van der Waals surface area contributed by atoms with E-state index in [-0.39, 0.29) is 17.9 Å². The van der Waals surface area contributed by atoms with Crippen LogP contribution in [-0.2, 0) is 5.41 Å². The van der Waals surface area contributed by atoms with Gasteiger partial charge in [0.15, 0.2) is 0 Å². The van der Waals surface area contributed by atoms with Crippen LogP contribution in [0.2, 0.25) is 0 Å². The Balaban J connectivity index is 3.02. The van der Waals surface area contributed by atoms with E-state index in [2.05, 4.69) is 32.9 Å². The van der Waals surface area contributed by atoms with Gasteiger partial charge in [0.2, 0.25) is 0 Å². The lowest BCUT2D eigenvalue weighted by atomic mass is 9.84. The van der Waals surface area contributed by atoms with Crippen LogP contribution in [0.15, 0.2) is 24.3 Å². The molecule has 84 valence electrons. The molecule has 0 spiro atoms. The summed E-state index contributed by atoms with van der Waals surface area (Å²) in [6.07, 6.45) is 0. The predicted octanol–water partition coefficient (Wildman–Crippen LogP) is 2.02. The molecule has 0 aliphatic rings. The zero-order valence-corrected chi connectivity index (χ0v) is 9.83. The maximum Gasteiger partial charge on any atom is 0.0511 e. The third-order valence-corrected chi connectivity index (χ3v) is 2.73. The molecule has 0 fully saturated rings. The minimum atomic E-state index is 0.0623. The highest BCUT2D eigenvalue weighted by molar-refractivity contribution is 5.31. The van der Waals surface area contributed by atoms with Crippen LogP contribution in [0.5, 0.6) is 0 Å². The molecule has 1 aromatic carbocycles. The monoisotopic (exact) mass is 207 g/mol. The molecule has 0 saturated heterocycles. The minimum Gasteiger partial charge on any atom is -0.396 e. The Morgan fingerprint density at radius 2 is 2.00 bits per heavy atom. The molecule has 2 heteroatoms. The van der Waals surface area contributed by atoms with Gasteiger partial charge in [0.1, 0.15) is 0 Å². The van der Waals surface area contributed by atoms with Crippen molar-refractivity contribution < 1.29 is 5.11 Å². The molecule has 2 nitrogen and oxygen atoms in total. The summed E-state index contributed by atoms with van der Waals surface area (Å²) in [5, 5.41) is 9.19. The predicted molar refractivity (Wildman–Crippen MR) is 64.0 cm³/mol. The molecule has 1 rings (SSSR count). The molecule has 15 heavy (non-hydrogen) atoms. The molecule has 3 N–H and O–H groups in total. The van der Waals surface area contributed by atoms with Gasteiger partial charge in [0, 0.05) is 12.5 Å². The van der Waals surface area contributed by atoms with Crippen molar-refractivity contribution in [3.8, 4) is 0 Å². The fourth-order valence-electron chi connectivity index (χ4n) is 1.58. The van der Waals surface area contributed by atoms with Crippen molar-refractivity contribution in [3.63, 3.8) is 0 Å². The number of benzene rings is 1. The van der Waals surface area contributed by atoms with Crippen LogP contribution in [0.25, 0.3) is 0 Å². The molecule has 1 aromatic rings. The Morgan fingerprint density at radius 1 is 1.33 bits per heavy atom. The third kappa shape index (κ3) is 3.05. The number of aliphatic hydroxyl groups is 1. The van der Waals surface area contributed by atoms with Crippen molar-refractivity contribution >= 4 is 0 Å². The number of nitrogens with two attached hydrogens (primary N) is 1. The second-order valence-electron chi connectivity index (χ2n) is 4.99. The lowest BCUT2D eigenvalue weighted by molar-refractivity contribution is 0.267. The van der Waals surface area contributed by atoms with Crippen LogP contribution < -0.4 is 5.73 Å². The first kappa shape index (κ1) is 12.2. The van der Waals surface area contributed by atoms with E-state index in [4.69, 9.17) is 5.73 Å². The highest BCUT2D eigenvalue weighted by Gasteiger charge is 2.15. The SMILES string of the molecule is CC(C)(C)c1cccc(C(CN)CO)c1. The molecule has 0 aromatic heterocycles. The van der Waals surface area contributed by atoms with Crippen LogP contribution in [0.4, 0.5) is 0 Å². The van der Waals surface area contributed by atoms with Gasteiger partial charge >= 0.3 is 0 Å². The van der Waals surface area contributed by atoms with Gasteiger partial charge in [-0.25, -0.2) is 0 Å². The first-order chi connectivity index (χ1) is 6.99. The van der Waals surface area contributed by atoms with Gasteiger partial charge in [-0.1, -0.05) is 45.0 Å². The summed E-state index contributed by atoms with van der Waals surface area (Å²) in [6.45, 7) is 7.15. The second kappa shape index (κ2) is 4.77. The van der Waals surface area contributed by atoms with E-state index in [0.29, 0.717) is 6.54 Å². The summed E-state index contributed by atoms with van der Waals surface area (Å²) >= 11 is 0. The highest BCUT2D eigenvalue weighted by atomic mass is 16.3. The van der Waals surface area contributed by atoms with Crippen LogP contribution >= 0.6 is 0 Å². The van der Waals surface area contributed by atoms with E-state index in [9.17, 15) is 5.11 Å². The van der Waals surface area contributed by atoms with E-state index >= 15 is 0 Å². The van der Waals surface area contributed by atoms with Crippen LogP contribution in [0.3, 0.4) is 0 Å². The second-order valence-corrected chi connectivity index (χ2v) is 4.99. The van der Waals surface area contributed by atoms with E-state index in [1.165, 1.54) is 5.56 Å². The normalized spacial score (nSPS) is 13.9. The molecule has 0 radical (unpaired) electrons. The summed E-state index contributed by atoms with van der Waals surface area (Å²) < 4.78 is 0. The summed E-state index contributed by atoms with van der Waals surface area (Å²) in [5.74, 6) is 0.0623. The van der Waals surface area contributed by atoms with Gasteiger partial charge in [0.25, 0.3) is 0 Å². The molecular formula is C13H21NO. The third-order valence-electron chi connectivity index (χ3n) is 2.73. The molecule has 0 aliphatic heterocycles. The van der Waals surface area contributed by atoms with Gasteiger partial charge < -0.3 is 10.8 Å². The Labute approximate surface area is 92.1 Å². The molecule has 0 heterocycles. The average molecular weight is 207 g/mol. The molecule has 1 atom stereocenters. The van der Waals surface area contributed by atoms with E-state index in [1.807, 2.05) is 12.1 Å². The zero-order chi connectivity index (χ0) is 11.5. The van der Waals surface area contributed by atoms with Crippen molar-refractivity contribution in [2.45, 2.75) is 32.1 Å². The highest BCUT2D eigenvalue weighted by Crippen LogP contribution is 2.25. The average Bonchev–Trinajstić information content (AvgIpc) is 2.19. The lowest BCUT2D eigenvalue weighted by Gasteiger charge is -2.21. The quantitative estimate of drug-likeness (QED) is 0.796. The Hall–Kier alpha value is -0.860. The summed E-state index contributed by atoms with van der Waals surface area (Å²) in [5.41, 5.74) is 8.17.